The lowest BCUT2D eigenvalue weighted by atomic mass is 9.83. The highest BCUT2D eigenvalue weighted by Gasteiger charge is 2.51. The maximum absolute atomic E-state index is 15.3. The van der Waals surface area contributed by atoms with Gasteiger partial charge in [-0.3, -0.25) is 9.69 Å². The second kappa shape index (κ2) is 17.1. The number of halogens is 3. The number of carbonyl (C=O) groups is 3. The first-order valence-corrected chi connectivity index (χ1v) is 20.8. The molecule has 3 aromatic rings. The van der Waals surface area contributed by atoms with Crippen LogP contribution >= 0.6 is 46.1 Å². The van der Waals surface area contributed by atoms with E-state index in [4.69, 9.17) is 58.5 Å². The van der Waals surface area contributed by atoms with E-state index >= 15 is 4.79 Å². The number of fused-ring (bicyclic) bond motifs is 2. The first-order chi connectivity index (χ1) is 26.8. The zero-order valence-electron chi connectivity index (χ0n) is 33.4. The normalized spacial score (nSPS) is 18.3. The van der Waals surface area contributed by atoms with E-state index in [0.717, 1.165) is 29.5 Å². The molecule has 0 radical (unpaired) electrons. The summed E-state index contributed by atoms with van der Waals surface area (Å²) in [5.74, 6) is 0.604. The molecule has 2 bridgehead atoms. The summed E-state index contributed by atoms with van der Waals surface area (Å²) in [5, 5.41) is 1.60. The Bertz CT molecular complexity index is 2020. The first kappa shape index (κ1) is 42.7. The van der Waals surface area contributed by atoms with Gasteiger partial charge in [-0.2, -0.15) is 0 Å². The standard InChI is InChI=1S/C41H49Cl3N4O8S/c1-23-16-28(42)35(29(43)17-23)53-14-15-54-37-45-19-32(57-37)27-18-26-21-46(38(50)55-40(2,3)4)22-30(48(26)39(51)56-41(5,6)7)33(27)36(49)47(25-12-13-25)20-24-10-9-11-31(52-8)34(24)44/h9-11,16-17,19,25-26,30H,12-15,18,20-22H2,1-8H3. The van der Waals surface area contributed by atoms with E-state index in [-0.39, 0.29) is 51.2 Å². The molecular weight excluding hydrogens is 815 g/mol. The molecule has 12 nitrogen and oxygen atoms in total. The molecule has 3 amide bonds. The highest BCUT2D eigenvalue weighted by Crippen LogP contribution is 2.44. The van der Waals surface area contributed by atoms with E-state index in [0.29, 0.717) is 42.2 Å². The minimum Gasteiger partial charge on any atom is -0.495 e. The van der Waals surface area contributed by atoms with Crippen LogP contribution in [0.15, 0.2) is 42.1 Å². The lowest BCUT2D eigenvalue weighted by Crippen LogP contribution is -2.66. The van der Waals surface area contributed by atoms with E-state index in [9.17, 15) is 9.59 Å². The van der Waals surface area contributed by atoms with Crippen molar-refractivity contribution in [3.8, 4) is 16.7 Å². The Morgan fingerprint density at radius 3 is 2.21 bits per heavy atom. The zero-order valence-corrected chi connectivity index (χ0v) is 36.5. The van der Waals surface area contributed by atoms with Crippen molar-refractivity contribution in [2.45, 2.75) is 104 Å². The number of aromatic nitrogens is 1. The number of thiazole rings is 1. The maximum atomic E-state index is 15.3. The summed E-state index contributed by atoms with van der Waals surface area (Å²) in [4.78, 5) is 53.3. The van der Waals surface area contributed by atoms with Crippen LogP contribution in [0.5, 0.6) is 16.7 Å². The fourth-order valence-corrected chi connectivity index (χ4v) is 8.79. The molecule has 3 aliphatic rings. The Balaban J connectivity index is 1.37. The second-order valence-electron chi connectivity index (χ2n) is 16.4. The van der Waals surface area contributed by atoms with Gasteiger partial charge in [0, 0.05) is 37.4 Å². The lowest BCUT2D eigenvalue weighted by Gasteiger charge is -2.51. The fourth-order valence-electron chi connectivity index (χ4n) is 6.97. The topological polar surface area (TPSA) is 120 Å². The van der Waals surface area contributed by atoms with Gasteiger partial charge in [0.05, 0.1) is 39.1 Å². The Hall–Kier alpha value is -3.91. The number of carbonyl (C=O) groups excluding carboxylic acids is 3. The third-order valence-electron chi connectivity index (χ3n) is 9.47. The van der Waals surface area contributed by atoms with Crippen molar-refractivity contribution in [2.75, 3.05) is 33.4 Å². The van der Waals surface area contributed by atoms with Gasteiger partial charge < -0.3 is 33.5 Å². The largest absolute Gasteiger partial charge is 0.495 e. The van der Waals surface area contributed by atoms with Gasteiger partial charge in [0.1, 0.15) is 30.2 Å². The number of ether oxygens (including phenoxy) is 5. The summed E-state index contributed by atoms with van der Waals surface area (Å²) in [5.41, 5.74) is 1.17. The average molecular weight is 864 g/mol. The molecule has 2 aliphatic heterocycles. The molecule has 308 valence electrons. The van der Waals surface area contributed by atoms with Crippen LogP contribution in [0.2, 0.25) is 15.1 Å². The Morgan fingerprint density at radius 2 is 1.58 bits per heavy atom. The van der Waals surface area contributed by atoms with Crippen LogP contribution in [0.4, 0.5) is 9.59 Å². The molecule has 57 heavy (non-hydrogen) atoms. The van der Waals surface area contributed by atoms with Gasteiger partial charge in [-0.05, 0) is 103 Å². The fraction of sp³-hybridized carbons (Fsp3) is 0.512. The van der Waals surface area contributed by atoms with Crippen molar-refractivity contribution in [3.05, 3.63) is 73.2 Å². The number of aryl methyl sites for hydroxylation is 1. The monoisotopic (exact) mass is 862 g/mol. The van der Waals surface area contributed by atoms with Crippen LogP contribution < -0.4 is 14.2 Å². The molecule has 1 saturated heterocycles. The van der Waals surface area contributed by atoms with Gasteiger partial charge in [0.2, 0.25) is 0 Å². The van der Waals surface area contributed by atoms with Crippen molar-refractivity contribution in [3.63, 3.8) is 0 Å². The van der Waals surface area contributed by atoms with Crippen LogP contribution in [-0.2, 0) is 20.8 Å². The van der Waals surface area contributed by atoms with E-state index < -0.39 is 35.5 Å². The molecule has 2 aromatic carbocycles. The van der Waals surface area contributed by atoms with Gasteiger partial charge in [-0.1, -0.05) is 58.3 Å². The van der Waals surface area contributed by atoms with E-state index in [2.05, 4.69) is 4.98 Å². The minimum absolute atomic E-state index is 0.0112. The van der Waals surface area contributed by atoms with Gasteiger partial charge in [0.15, 0.2) is 5.75 Å². The number of hydrogen-bond donors (Lipinski definition) is 0. The number of benzene rings is 2. The SMILES string of the molecule is COc1cccc(CN(C(=O)C2=C(c3cnc(OCCOc4c(Cl)cc(C)cc4Cl)s3)CC3CN(C(=O)OC(C)(C)C)CC2N3C(=O)OC(C)(C)C)C2CC2)c1Cl. The molecule has 1 saturated carbocycles. The third-order valence-corrected chi connectivity index (χ3v) is 11.4. The summed E-state index contributed by atoms with van der Waals surface area (Å²) in [6.45, 7) is 13.4. The lowest BCUT2D eigenvalue weighted by molar-refractivity contribution is -0.129. The van der Waals surface area contributed by atoms with Crippen LogP contribution in [0, 0.1) is 6.92 Å². The number of piperazine rings is 1. The Kier molecular flexibility index (Phi) is 12.8. The number of rotatable bonds is 11. The van der Waals surface area contributed by atoms with Gasteiger partial charge >= 0.3 is 12.2 Å². The average Bonchev–Trinajstić information content (AvgIpc) is 3.84. The number of amides is 3. The molecule has 2 atom stereocenters. The van der Waals surface area contributed by atoms with Crippen LogP contribution in [0.25, 0.3) is 5.57 Å². The maximum Gasteiger partial charge on any atom is 0.411 e. The van der Waals surface area contributed by atoms with Crippen molar-refractivity contribution in [1.82, 2.24) is 19.7 Å². The predicted molar refractivity (Wildman–Crippen MR) is 221 cm³/mol. The van der Waals surface area contributed by atoms with E-state index in [1.807, 2.05) is 24.0 Å². The Morgan fingerprint density at radius 1 is 0.930 bits per heavy atom. The predicted octanol–water partition coefficient (Wildman–Crippen LogP) is 9.45. The molecule has 2 fully saturated rings. The summed E-state index contributed by atoms with van der Waals surface area (Å²) >= 11 is 20.8. The quantitative estimate of drug-likeness (QED) is 0.174. The molecule has 0 spiro atoms. The smallest absolute Gasteiger partial charge is 0.411 e. The molecule has 2 unspecified atom stereocenters. The van der Waals surface area contributed by atoms with Crippen molar-refractivity contribution < 1.29 is 38.1 Å². The molecular formula is C41H49Cl3N4O8S. The van der Waals surface area contributed by atoms with E-state index in [1.54, 1.807) is 82.8 Å². The van der Waals surface area contributed by atoms with Crippen molar-refractivity contribution >= 4 is 69.8 Å². The van der Waals surface area contributed by atoms with Crippen molar-refractivity contribution in [2.24, 2.45) is 0 Å². The second-order valence-corrected chi connectivity index (χ2v) is 18.6. The van der Waals surface area contributed by atoms with Crippen LogP contribution in [0.1, 0.15) is 76.8 Å². The molecule has 1 aliphatic carbocycles. The summed E-state index contributed by atoms with van der Waals surface area (Å²) in [7, 11) is 1.55. The summed E-state index contributed by atoms with van der Waals surface area (Å²) in [6.07, 6.45) is 2.45. The zero-order chi connectivity index (χ0) is 41.4. The van der Waals surface area contributed by atoms with Crippen molar-refractivity contribution in [1.29, 1.82) is 0 Å². The van der Waals surface area contributed by atoms with Gasteiger partial charge in [-0.25, -0.2) is 14.6 Å². The number of nitrogens with zero attached hydrogens (tertiary/aromatic N) is 4. The summed E-state index contributed by atoms with van der Waals surface area (Å²) < 4.78 is 29.1. The van der Waals surface area contributed by atoms with E-state index in [1.165, 1.54) is 11.3 Å². The first-order valence-electron chi connectivity index (χ1n) is 18.9. The highest BCUT2D eigenvalue weighted by molar-refractivity contribution is 7.14. The minimum atomic E-state index is -0.867. The third kappa shape index (κ3) is 10.2. The van der Waals surface area contributed by atoms with Crippen LogP contribution in [-0.4, -0.2) is 101 Å². The number of hydrogen-bond acceptors (Lipinski definition) is 10. The Labute approximate surface area is 352 Å². The summed E-state index contributed by atoms with van der Waals surface area (Å²) in [6, 6.07) is 7.56. The number of methoxy groups -OCH3 is 1. The molecule has 3 heterocycles. The molecule has 0 N–H and O–H groups in total. The molecule has 1 aromatic heterocycles. The molecule has 16 heteroatoms. The van der Waals surface area contributed by atoms with Gasteiger partial charge in [0.25, 0.3) is 11.1 Å². The van der Waals surface area contributed by atoms with Gasteiger partial charge in [-0.15, -0.1) is 0 Å². The van der Waals surface area contributed by atoms with Crippen LogP contribution in [0.3, 0.4) is 0 Å². The molecule has 6 rings (SSSR count). The highest BCUT2D eigenvalue weighted by atomic mass is 35.5.